The molecule has 0 unspecified atom stereocenters. The number of amides is 1. The Kier molecular flexibility index (Phi) is 6.83. The van der Waals surface area contributed by atoms with Gasteiger partial charge in [-0.3, -0.25) is 23.5 Å². The van der Waals surface area contributed by atoms with Crippen molar-refractivity contribution in [2.24, 2.45) is 7.05 Å². The summed E-state index contributed by atoms with van der Waals surface area (Å²) in [6, 6.07) is 10.9. The van der Waals surface area contributed by atoms with Gasteiger partial charge in [-0.05, 0) is 30.7 Å². The van der Waals surface area contributed by atoms with Gasteiger partial charge in [0, 0.05) is 31.9 Å². The van der Waals surface area contributed by atoms with Crippen molar-refractivity contribution in [2.45, 2.75) is 26.3 Å². The Hall–Kier alpha value is -3.20. The molecule has 2 aromatic heterocycles. The molecule has 0 aliphatic heterocycles. The van der Waals surface area contributed by atoms with Crippen molar-refractivity contribution in [3.8, 4) is 0 Å². The van der Waals surface area contributed by atoms with E-state index in [9.17, 15) is 19.2 Å². The van der Waals surface area contributed by atoms with Crippen LogP contribution in [0.3, 0.4) is 0 Å². The van der Waals surface area contributed by atoms with Crippen LogP contribution in [0.25, 0.3) is 11.0 Å². The third-order valence-electron chi connectivity index (χ3n) is 4.64. The average molecular weight is 429 g/mol. The summed E-state index contributed by atoms with van der Waals surface area (Å²) in [7, 11) is 1.68. The van der Waals surface area contributed by atoms with Crippen molar-refractivity contribution in [3.63, 3.8) is 0 Å². The molecular formula is C21H23N3O5S. The minimum absolute atomic E-state index is 0.00635. The molecule has 0 fully saturated rings. The fourth-order valence-corrected chi connectivity index (χ4v) is 4.03. The lowest BCUT2D eigenvalue weighted by molar-refractivity contribution is -0.142. The van der Waals surface area contributed by atoms with E-state index in [0.29, 0.717) is 17.8 Å². The first-order valence-corrected chi connectivity index (χ1v) is 10.3. The molecule has 0 bridgehead atoms. The lowest BCUT2D eigenvalue weighted by atomic mass is 10.3. The first-order valence-electron chi connectivity index (χ1n) is 9.53. The fourth-order valence-electron chi connectivity index (χ4n) is 3.10. The highest BCUT2D eigenvalue weighted by Gasteiger charge is 2.15. The van der Waals surface area contributed by atoms with Crippen LogP contribution in [-0.2, 0) is 34.3 Å². The molecule has 0 aliphatic carbocycles. The Balaban J connectivity index is 1.50. The number of thiophene rings is 1. The third kappa shape index (κ3) is 5.04. The van der Waals surface area contributed by atoms with Gasteiger partial charge in [0.2, 0.25) is 11.7 Å². The number of imidazole rings is 1. The van der Waals surface area contributed by atoms with Gasteiger partial charge in [0.15, 0.2) is 6.61 Å². The number of Topliss-reactive ketones (excluding diaryl/α,β-unsaturated/α-hetero) is 1. The third-order valence-corrected chi connectivity index (χ3v) is 5.82. The quantitative estimate of drug-likeness (QED) is 0.414. The van der Waals surface area contributed by atoms with Crippen LogP contribution in [0, 0.1) is 0 Å². The molecule has 1 amide bonds. The van der Waals surface area contributed by atoms with E-state index in [1.807, 2.05) is 30.3 Å². The molecule has 158 valence electrons. The van der Waals surface area contributed by atoms with Gasteiger partial charge in [0.25, 0.3) is 0 Å². The number of ether oxygens (including phenoxy) is 1. The Labute approximate surface area is 177 Å². The number of hydrogen-bond acceptors (Lipinski definition) is 6. The van der Waals surface area contributed by atoms with Crippen LogP contribution in [-0.4, -0.2) is 39.9 Å². The standard InChI is InChI=1S/C21H23N3O5S/c1-14(25)22-11-9-15-7-8-19(30-15)18(26)13-29-20(27)10-12-24-17-6-4-3-5-16(17)23(2)21(24)28/h3-8H,9-13H2,1-2H3,(H,22,25). The summed E-state index contributed by atoms with van der Waals surface area (Å²) >= 11 is 1.32. The van der Waals surface area contributed by atoms with Gasteiger partial charge in [-0.2, -0.15) is 0 Å². The summed E-state index contributed by atoms with van der Waals surface area (Å²) in [4.78, 5) is 49.1. The number of nitrogens with one attached hydrogen (secondary N) is 1. The normalized spacial score (nSPS) is 10.9. The smallest absolute Gasteiger partial charge is 0.328 e. The molecule has 1 N–H and O–H groups in total. The summed E-state index contributed by atoms with van der Waals surface area (Å²) in [5.41, 5.74) is 1.34. The van der Waals surface area contributed by atoms with Gasteiger partial charge < -0.3 is 10.1 Å². The number of aromatic nitrogens is 2. The van der Waals surface area contributed by atoms with Crippen LogP contribution in [0.1, 0.15) is 27.9 Å². The monoisotopic (exact) mass is 429 g/mol. The second-order valence-corrected chi connectivity index (χ2v) is 7.98. The lowest BCUT2D eigenvalue weighted by Crippen LogP contribution is -2.24. The van der Waals surface area contributed by atoms with E-state index in [1.165, 1.54) is 27.4 Å². The first-order chi connectivity index (χ1) is 14.4. The van der Waals surface area contributed by atoms with Crippen LogP contribution in [0.15, 0.2) is 41.2 Å². The van der Waals surface area contributed by atoms with Gasteiger partial charge in [-0.15, -0.1) is 11.3 Å². The van der Waals surface area contributed by atoms with Crippen molar-refractivity contribution >= 4 is 40.0 Å². The van der Waals surface area contributed by atoms with Crippen molar-refractivity contribution in [1.82, 2.24) is 14.5 Å². The highest BCUT2D eigenvalue weighted by Crippen LogP contribution is 2.18. The number of aryl methyl sites for hydroxylation is 2. The maximum atomic E-state index is 12.4. The van der Waals surface area contributed by atoms with Gasteiger partial charge in [-0.25, -0.2) is 4.79 Å². The Morgan fingerprint density at radius 3 is 2.57 bits per heavy atom. The lowest BCUT2D eigenvalue weighted by Gasteiger charge is -2.05. The Bertz CT molecular complexity index is 1140. The van der Waals surface area contributed by atoms with Gasteiger partial charge in [-0.1, -0.05) is 12.1 Å². The predicted octanol–water partition coefficient (Wildman–Crippen LogP) is 1.90. The second-order valence-electron chi connectivity index (χ2n) is 6.81. The SMILES string of the molecule is CC(=O)NCCc1ccc(C(=O)COC(=O)CCn2c(=O)n(C)c3ccccc32)s1. The molecule has 0 atom stereocenters. The number of esters is 1. The Morgan fingerprint density at radius 2 is 1.83 bits per heavy atom. The molecular weight excluding hydrogens is 406 g/mol. The van der Waals surface area contributed by atoms with E-state index in [2.05, 4.69) is 5.32 Å². The molecule has 9 heteroatoms. The highest BCUT2D eigenvalue weighted by atomic mass is 32.1. The van der Waals surface area contributed by atoms with E-state index in [-0.39, 0.29) is 37.0 Å². The number of nitrogens with zero attached hydrogens (tertiary/aromatic N) is 2. The van der Waals surface area contributed by atoms with Crippen molar-refractivity contribution in [2.75, 3.05) is 13.2 Å². The van der Waals surface area contributed by atoms with Gasteiger partial charge in [0.1, 0.15) is 0 Å². The number of hydrogen-bond donors (Lipinski definition) is 1. The van der Waals surface area contributed by atoms with Crippen LogP contribution in [0.4, 0.5) is 0 Å². The van der Waals surface area contributed by atoms with Crippen molar-refractivity contribution < 1.29 is 19.1 Å². The fraction of sp³-hybridized carbons (Fsp3) is 0.333. The summed E-state index contributed by atoms with van der Waals surface area (Å²) in [6.45, 7) is 1.80. The van der Waals surface area contributed by atoms with Crippen molar-refractivity contribution in [3.05, 3.63) is 56.6 Å². The summed E-state index contributed by atoms with van der Waals surface area (Å²) in [5, 5.41) is 2.70. The number of carbonyl (C=O) groups is 3. The molecule has 0 aliphatic rings. The minimum atomic E-state index is -0.536. The molecule has 0 spiro atoms. The van der Waals surface area contributed by atoms with E-state index >= 15 is 0 Å². The van der Waals surface area contributed by atoms with Crippen LogP contribution < -0.4 is 11.0 Å². The number of rotatable bonds is 9. The molecule has 3 rings (SSSR count). The topological polar surface area (TPSA) is 99.4 Å². The first kappa shape index (κ1) is 21.5. The molecule has 0 saturated carbocycles. The molecule has 8 nitrogen and oxygen atoms in total. The molecule has 0 radical (unpaired) electrons. The zero-order chi connectivity index (χ0) is 21.7. The Morgan fingerprint density at radius 1 is 1.10 bits per heavy atom. The summed E-state index contributed by atoms with van der Waals surface area (Å²) < 4.78 is 8.16. The van der Waals surface area contributed by atoms with Crippen molar-refractivity contribution in [1.29, 1.82) is 0 Å². The number of fused-ring (bicyclic) bond motifs is 1. The van der Waals surface area contributed by atoms with Crippen LogP contribution in [0.5, 0.6) is 0 Å². The zero-order valence-electron chi connectivity index (χ0n) is 16.8. The van der Waals surface area contributed by atoms with Crippen LogP contribution in [0.2, 0.25) is 0 Å². The average Bonchev–Trinajstić information content (AvgIpc) is 3.29. The van der Waals surface area contributed by atoms with E-state index < -0.39 is 5.97 Å². The number of carbonyl (C=O) groups excluding carboxylic acids is 3. The molecule has 1 aromatic carbocycles. The van der Waals surface area contributed by atoms with E-state index in [4.69, 9.17) is 4.74 Å². The number of ketones is 1. The predicted molar refractivity (Wildman–Crippen MR) is 114 cm³/mol. The number of benzene rings is 1. The zero-order valence-corrected chi connectivity index (χ0v) is 17.7. The molecule has 3 aromatic rings. The maximum Gasteiger partial charge on any atom is 0.328 e. The molecule has 0 saturated heterocycles. The second kappa shape index (κ2) is 9.53. The summed E-state index contributed by atoms with van der Waals surface area (Å²) in [6.07, 6.45) is 0.630. The molecule has 30 heavy (non-hydrogen) atoms. The van der Waals surface area contributed by atoms with E-state index in [1.54, 1.807) is 13.1 Å². The van der Waals surface area contributed by atoms with Gasteiger partial charge >= 0.3 is 11.7 Å². The largest absolute Gasteiger partial charge is 0.457 e. The van der Waals surface area contributed by atoms with Gasteiger partial charge in [0.05, 0.1) is 22.3 Å². The van der Waals surface area contributed by atoms with E-state index in [0.717, 1.165) is 15.9 Å². The number of para-hydroxylation sites is 2. The molecule has 2 heterocycles. The highest BCUT2D eigenvalue weighted by molar-refractivity contribution is 7.14. The minimum Gasteiger partial charge on any atom is -0.457 e. The summed E-state index contributed by atoms with van der Waals surface area (Å²) in [5.74, 6) is -0.910. The maximum absolute atomic E-state index is 12.4. The van der Waals surface area contributed by atoms with Crippen LogP contribution >= 0.6 is 11.3 Å².